The molecular formula is C21H26ClN3O2. The molecule has 2 heterocycles. The molecule has 1 N–H and O–H groups in total. The molecule has 1 saturated heterocycles. The molecule has 1 aromatic carbocycles. The fourth-order valence-corrected chi connectivity index (χ4v) is 3.38. The zero-order valence-electron chi connectivity index (χ0n) is 16.1. The van der Waals surface area contributed by atoms with E-state index in [-0.39, 0.29) is 11.8 Å². The summed E-state index contributed by atoms with van der Waals surface area (Å²) in [6.07, 6.45) is 0. The molecule has 5 nitrogen and oxygen atoms in total. The van der Waals surface area contributed by atoms with E-state index in [0.29, 0.717) is 30.3 Å². The van der Waals surface area contributed by atoms with Crippen molar-refractivity contribution in [3.8, 4) is 0 Å². The Kier molecular flexibility index (Phi) is 6.34. The quantitative estimate of drug-likeness (QED) is 0.844. The molecule has 1 fully saturated rings. The molecule has 0 saturated carbocycles. The standard InChI is InChI=1S/C21H26ClN3O2/c1-14(2)18-12-19(25-8-10-27-11-9-25)24-15(3)20(18)21(26)23-13-16-4-6-17(22)7-5-16/h4-7,12,14H,8-11,13H2,1-3H3,(H,23,26). The van der Waals surface area contributed by atoms with Gasteiger partial charge in [0.15, 0.2) is 0 Å². The average Bonchev–Trinajstić information content (AvgIpc) is 2.67. The number of pyridine rings is 1. The van der Waals surface area contributed by atoms with Gasteiger partial charge in [0.25, 0.3) is 5.91 Å². The first kappa shape index (κ1) is 19.6. The molecule has 0 radical (unpaired) electrons. The molecule has 1 aromatic heterocycles. The number of halogens is 1. The molecular weight excluding hydrogens is 362 g/mol. The minimum Gasteiger partial charge on any atom is -0.378 e. The number of nitrogens with zero attached hydrogens (tertiary/aromatic N) is 2. The Balaban J connectivity index is 1.82. The van der Waals surface area contributed by atoms with Gasteiger partial charge in [-0.15, -0.1) is 0 Å². The fourth-order valence-electron chi connectivity index (χ4n) is 3.26. The Morgan fingerprint density at radius 1 is 1.26 bits per heavy atom. The van der Waals surface area contributed by atoms with E-state index in [4.69, 9.17) is 21.3 Å². The van der Waals surface area contributed by atoms with Crippen LogP contribution in [0, 0.1) is 6.92 Å². The van der Waals surface area contributed by atoms with E-state index in [1.807, 2.05) is 31.2 Å². The van der Waals surface area contributed by atoms with Gasteiger partial charge in [-0.25, -0.2) is 4.98 Å². The number of carbonyl (C=O) groups excluding carboxylic acids is 1. The van der Waals surface area contributed by atoms with E-state index in [1.165, 1.54) is 0 Å². The van der Waals surface area contributed by atoms with Crippen LogP contribution in [-0.2, 0) is 11.3 Å². The first-order chi connectivity index (χ1) is 13.0. The van der Waals surface area contributed by atoms with Crippen LogP contribution < -0.4 is 10.2 Å². The topological polar surface area (TPSA) is 54.5 Å². The fraction of sp³-hybridized carbons (Fsp3) is 0.429. The summed E-state index contributed by atoms with van der Waals surface area (Å²) in [7, 11) is 0. The van der Waals surface area contributed by atoms with E-state index in [9.17, 15) is 4.79 Å². The highest BCUT2D eigenvalue weighted by Gasteiger charge is 2.21. The second-order valence-electron chi connectivity index (χ2n) is 7.09. The molecule has 2 aromatic rings. The molecule has 6 heteroatoms. The Morgan fingerprint density at radius 2 is 1.93 bits per heavy atom. The predicted molar refractivity (Wildman–Crippen MR) is 109 cm³/mol. The highest BCUT2D eigenvalue weighted by atomic mass is 35.5. The van der Waals surface area contributed by atoms with Crippen LogP contribution >= 0.6 is 11.6 Å². The van der Waals surface area contributed by atoms with Crippen LogP contribution in [0.5, 0.6) is 0 Å². The monoisotopic (exact) mass is 387 g/mol. The number of amides is 1. The number of benzene rings is 1. The first-order valence-corrected chi connectivity index (χ1v) is 9.70. The van der Waals surface area contributed by atoms with Crippen molar-refractivity contribution in [3.63, 3.8) is 0 Å². The lowest BCUT2D eigenvalue weighted by molar-refractivity contribution is 0.0948. The highest BCUT2D eigenvalue weighted by molar-refractivity contribution is 6.30. The van der Waals surface area contributed by atoms with Gasteiger partial charge in [-0.1, -0.05) is 37.6 Å². The van der Waals surface area contributed by atoms with Crippen molar-refractivity contribution in [2.75, 3.05) is 31.2 Å². The number of aromatic nitrogens is 1. The van der Waals surface area contributed by atoms with E-state index < -0.39 is 0 Å². The lowest BCUT2D eigenvalue weighted by Crippen LogP contribution is -2.37. The van der Waals surface area contributed by atoms with Crippen molar-refractivity contribution in [1.29, 1.82) is 0 Å². The number of aryl methyl sites for hydroxylation is 1. The number of morpholine rings is 1. The van der Waals surface area contributed by atoms with Gasteiger partial charge in [0.1, 0.15) is 5.82 Å². The maximum Gasteiger partial charge on any atom is 0.253 e. The lowest BCUT2D eigenvalue weighted by atomic mass is 9.95. The molecule has 0 aliphatic carbocycles. The minimum absolute atomic E-state index is 0.0906. The van der Waals surface area contributed by atoms with Crippen LogP contribution in [0.1, 0.15) is 46.9 Å². The van der Waals surface area contributed by atoms with Gasteiger partial charge < -0.3 is 15.0 Å². The number of rotatable bonds is 5. The van der Waals surface area contributed by atoms with Gasteiger partial charge in [-0.2, -0.15) is 0 Å². The number of ether oxygens (including phenoxy) is 1. The van der Waals surface area contributed by atoms with Crippen LogP contribution in [0.3, 0.4) is 0 Å². The number of hydrogen-bond acceptors (Lipinski definition) is 4. The summed E-state index contributed by atoms with van der Waals surface area (Å²) >= 11 is 5.92. The number of hydrogen-bond donors (Lipinski definition) is 1. The van der Waals surface area contributed by atoms with Crippen molar-refractivity contribution in [3.05, 3.63) is 57.7 Å². The summed E-state index contributed by atoms with van der Waals surface area (Å²) in [6, 6.07) is 9.54. The van der Waals surface area contributed by atoms with Crippen LogP contribution in [0.4, 0.5) is 5.82 Å². The van der Waals surface area contributed by atoms with Crippen molar-refractivity contribution in [2.45, 2.75) is 33.2 Å². The second kappa shape index (κ2) is 8.72. The number of nitrogens with one attached hydrogen (secondary N) is 1. The summed E-state index contributed by atoms with van der Waals surface area (Å²) in [6.45, 7) is 9.65. The number of anilines is 1. The first-order valence-electron chi connectivity index (χ1n) is 9.32. The van der Waals surface area contributed by atoms with Gasteiger partial charge in [0.2, 0.25) is 0 Å². The largest absolute Gasteiger partial charge is 0.378 e. The molecule has 0 unspecified atom stereocenters. The average molecular weight is 388 g/mol. The van der Waals surface area contributed by atoms with Gasteiger partial charge in [0, 0.05) is 24.7 Å². The molecule has 3 rings (SSSR count). The molecule has 0 spiro atoms. The number of carbonyl (C=O) groups is 1. The van der Waals surface area contributed by atoms with Crippen LogP contribution in [-0.4, -0.2) is 37.2 Å². The van der Waals surface area contributed by atoms with Gasteiger partial charge in [0.05, 0.1) is 24.5 Å². The predicted octanol–water partition coefficient (Wildman–Crippen LogP) is 3.93. The molecule has 1 aliphatic heterocycles. The molecule has 144 valence electrons. The third-order valence-electron chi connectivity index (χ3n) is 4.77. The van der Waals surface area contributed by atoms with Crippen LogP contribution in [0.25, 0.3) is 0 Å². The zero-order valence-corrected chi connectivity index (χ0v) is 16.8. The third-order valence-corrected chi connectivity index (χ3v) is 5.02. The maximum absolute atomic E-state index is 12.9. The SMILES string of the molecule is Cc1nc(N2CCOCC2)cc(C(C)C)c1C(=O)NCc1ccc(Cl)cc1. The summed E-state index contributed by atoms with van der Waals surface area (Å²) < 4.78 is 5.43. The normalized spacial score (nSPS) is 14.5. The van der Waals surface area contributed by atoms with Gasteiger partial charge in [-0.05, 0) is 42.2 Å². The molecule has 1 amide bonds. The minimum atomic E-state index is -0.0906. The second-order valence-corrected chi connectivity index (χ2v) is 7.53. The Hall–Kier alpha value is -2.11. The Bertz CT molecular complexity index is 800. The van der Waals surface area contributed by atoms with E-state index >= 15 is 0 Å². The third kappa shape index (κ3) is 4.79. The van der Waals surface area contributed by atoms with Crippen molar-refractivity contribution >= 4 is 23.3 Å². The van der Waals surface area contributed by atoms with Gasteiger partial charge >= 0.3 is 0 Å². The van der Waals surface area contributed by atoms with Crippen molar-refractivity contribution in [2.24, 2.45) is 0 Å². The van der Waals surface area contributed by atoms with Gasteiger partial charge in [-0.3, -0.25) is 4.79 Å². The Morgan fingerprint density at radius 3 is 2.56 bits per heavy atom. The summed E-state index contributed by atoms with van der Waals surface area (Å²) in [4.78, 5) is 19.8. The molecule has 0 atom stereocenters. The van der Waals surface area contributed by atoms with Crippen molar-refractivity contribution < 1.29 is 9.53 Å². The van der Waals surface area contributed by atoms with E-state index in [2.05, 4.69) is 30.1 Å². The zero-order chi connectivity index (χ0) is 19.4. The molecule has 0 bridgehead atoms. The summed E-state index contributed by atoms with van der Waals surface area (Å²) in [5.41, 5.74) is 3.47. The smallest absolute Gasteiger partial charge is 0.253 e. The van der Waals surface area contributed by atoms with E-state index in [0.717, 1.165) is 35.7 Å². The Labute approximate surface area is 165 Å². The molecule has 1 aliphatic rings. The maximum atomic E-state index is 12.9. The lowest BCUT2D eigenvalue weighted by Gasteiger charge is -2.29. The highest BCUT2D eigenvalue weighted by Crippen LogP contribution is 2.27. The van der Waals surface area contributed by atoms with Crippen LogP contribution in [0.15, 0.2) is 30.3 Å². The van der Waals surface area contributed by atoms with E-state index in [1.54, 1.807) is 0 Å². The summed E-state index contributed by atoms with van der Waals surface area (Å²) in [5, 5.41) is 3.70. The summed E-state index contributed by atoms with van der Waals surface area (Å²) in [5.74, 6) is 1.06. The van der Waals surface area contributed by atoms with Crippen LogP contribution in [0.2, 0.25) is 5.02 Å². The molecule has 27 heavy (non-hydrogen) atoms. The van der Waals surface area contributed by atoms with Crippen molar-refractivity contribution in [1.82, 2.24) is 10.3 Å².